The summed E-state index contributed by atoms with van der Waals surface area (Å²) in [5.41, 5.74) is 2.68. The molecule has 0 radical (unpaired) electrons. The number of hydrogen-bond acceptors (Lipinski definition) is 5. The van der Waals surface area contributed by atoms with Gasteiger partial charge in [0.2, 0.25) is 0 Å². The molecule has 0 fully saturated rings. The second kappa shape index (κ2) is 8.79. The van der Waals surface area contributed by atoms with Gasteiger partial charge in [-0.2, -0.15) is 0 Å². The fourth-order valence-electron chi connectivity index (χ4n) is 3.40. The minimum absolute atomic E-state index is 0.0487. The van der Waals surface area contributed by atoms with Gasteiger partial charge in [0.1, 0.15) is 5.75 Å². The van der Waals surface area contributed by atoms with Gasteiger partial charge in [-0.3, -0.25) is 9.59 Å². The standard InChI is InChI=1S/C24H22N2O5/c1-29-20-11-8-17(12-22(20)30-2)24(28)25-18-9-10-19-21(13-18)31-15-23(27)26(19)14-16-6-4-3-5-7-16/h3-13H,14-15H2,1-2H3,(H,25,28). The average molecular weight is 418 g/mol. The van der Waals surface area contributed by atoms with Gasteiger partial charge in [-0.05, 0) is 35.9 Å². The second-order valence-corrected chi connectivity index (χ2v) is 6.96. The van der Waals surface area contributed by atoms with Crippen LogP contribution in [0.3, 0.4) is 0 Å². The molecular weight excluding hydrogens is 396 g/mol. The van der Waals surface area contributed by atoms with Crippen molar-refractivity contribution in [3.63, 3.8) is 0 Å². The molecular formula is C24H22N2O5. The van der Waals surface area contributed by atoms with E-state index in [4.69, 9.17) is 14.2 Å². The van der Waals surface area contributed by atoms with Crippen molar-refractivity contribution >= 4 is 23.2 Å². The Bertz CT molecular complexity index is 1110. The van der Waals surface area contributed by atoms with E-state index in [0.717, 1.165) is 5.56 Å². The predicted octanol–water partition coefficient (Wildman–Crippen LogP) is 3.88. The Morgan fingerprint density at radius 2 is 1.77 bits per heavy atom. The molecule has 158 valence electrons. The summed E-state index contributed by atoms with van der Waals surface area (Å²) in [7, 11) is 3.05. The molecule has 0 unspecified atom stereocenters. The summed E-state index contributed by atoms with van der Waals surface area (Å²) in [5.74, 6) is 1.15. The number of nitrogens with one attached hydrogen (secondary N) is 1. The first-order valence-corrected chi connectivity index (χ1v) is 9.73. The fraction of sp³-hybridized carbons (Fsp3) is 0.167. The molecule has 7 heteroatoms. The predicted molar refractivity (Wildman–Crippen MR) is 117 cm³/mol. The Kier molecular flexibility index (Phi) is 5.75. The van der Waals surface area contributed by atoms with Crippen molar-refractivity contribution in [3.05, 3.63) is 77.9 Å². The van der Waals surface area contributed by atoms with Crippen molar-refractivity contribution in [1.29, 1.82) is 0 Å². The first kappa shape index (κ1) is 20.3. The lowest BCUT2D eigenvalue weighted by molar-refractivity contribution is -0.121. The normalized spacial score (nSPS) is 12.6. The van der Waals surface area contributed by atoms with E-state index in [1.807, 2.05) is 30.3 Å². The highest BCUT2D eigenvalue weighted by atomic mass is 16.5. The van der Waals surface area contributed by atoms with Crippen LogP contribution in [0, 0.1) is 0 Å². The SMILES string of the molecule is COc1ccc(C(=O)Nc2ccc3c(c2)OCC(=O)N3Cc2ccccc2)cc1OC. The number of methoxy groups -OCH3 is 2. The van der Waals surface area contributed by atoms with Crippen molar-refractivity contribution in [1.82, 2.24) is 0 Å². The van der Waals surface area contributed by atoms with E-state index in [1.165, 1.54) is 14.2 Å². The molecule has 3 aromatic rings. The summed E-state index contributed by atoms with van der Waals surface area (Å²) in [6, 6.07) is 20.0. The average Bonchev–Trinajstić information content (AvgIpc) is 2.81. The van der Waals surface area contributed by atoms with Crippen LogP contribution in [0.2, 0.25) is 0 Å². The number of carbonyl (C=O) groups is 2. The molecule has 0 aliphatic carbocycles. The number of nitrogens with zero attached hydrogens (tertiary/aromatic N) is 1. The molecule has 0 saturated carbocycles. The zero-order valence-corrected chi connectivity index (χ0v) is 17.3. The van der Waals surface area contributed by atoms with E-state index in [9.17, 15) is 9.59 Å². The molecule has 3 aromatic carbocycles. The quantitative estimate of drug-likeness (QED) is 0.657. The molecule has 2 amide bonds. The molecule has 1 aliphatic rings. The van der Waals surface area contributed by atoms with Crippen LogP contribution in [0.1, 0.15) is 15.9 Å². The number of amides is 2. The Hall–Kier alpha value is -4.00. The van der Waals surface area contributed by atoms with E-state index in [2.05, 4.69) is 5.32 Å². The molecule has 1 heterocycles. The highest BCUT2D eigenvalue weighted by molar-refractivity contribution is 6.05. The van der Waals surface area contributed by atoms with Crippen LogP contribution in [0.5, 0.6) is 17.2 Å². The third-order valence-electron chi connectivity index (χ3n) is 4.99. The smallest absolute Gasteiger partial charge is 0.265 e. The third kappa shape index (κ3) is 4.30. The Morgan fingerprint density at radius 3 is 2.52 bits per heavy atom. The lowest BCUT2D eigenvalue weighted by atomic mass is 10.1. The topological polar surface area (TPSA) is 77.1 Å². The molecule has 0 atom stereocenters. The van der Waals surface area contributed by atoms with Crippen LogP contribution < -0.4 is 24.4 Å². The summed E-state index contributed by atoms with van der Waals surface area (Å²) < 4.78 is 16.1. The van der Waals surface area contributed by atoms with Gasteiger partial charge in [-0.25, -0.2) is 0 Å². The Labute approximate surface area is 180 Å². The summed E-state index contributed by atoms with van der Waals surface area (Å²) in [4.78, 5) is 26.8. The van der Waals surface area contributed by atoms with Crippen LogP contribution in [0.4, 0.5) is 11.4 Å². The number of anilines is 2. The number of ether oxygens (including phenoxy) is 3. The van der Waals surface area contributed by atoms with Crippen molar-refractivity contribution in [2.45, 2.75) is 6.54 Å². The largest absolute Gasteiger partial charge is 0.493 e. The summed E-state index contributed by atoms with van der Waals surface area (Å²) in [6.45, 7) is 0.403. The highest BCUT2D eigenvalue weighted by Crippen LogP contribution is 2.36. The maximum Gasteiger partial charge on any atom is 0.265 e. The monoisotopic (exact) mass is 418 g/mol. The summed E-state index contributed by atoms with van der Waals surface area (Å²) in [6.07, 6.45) is 0. The zero-order chi connectivity index (χ0) is 21.8. The second-order valence-electron chi connectivity index (χ2n) is 6.96. The number of fused-ring (bicyclic) bond motifs is 1. The third-order valence-corrected chi connectivity index (χ3v) is 4.99. The molecule has 0 saturated heterocycles. The maximum atomic E-state index is 12.7. The van der Waals surface area contributed by atoms with Gasteiger partial charge in [0.15, 0.2) is 18.1 Å². The van der Waals surface area contributed by atoms with Crippen LogP contribution in [0.15, 0.2) is 66.7 Å². The van der Waals surface area contributed by atoms with E-state index < -0.39 is 0 Å². The van der Waals surface area contributed by atoms with Gasteiger partial charge in [0.05, 0.1) is 26.5 Å². The van der Waals surface area contributed by atoms with Crippen LogP contribution in [-0.2, 0) is 11.3 Å². The molecule has 0 aromatic heterocycles. The fourth-order valence-corrected chi connectivity index (χ4v) is 3.40. The first-order valence-electron chi connectivity index (χ1n) is 9.73. The molecule has 7 nitrogen and oxygen atoms in total. The van der Waals surface area contributed by atoms with Gasteiger partial charge in [0, 0.05) is 17.3 Å². The Morgan fingerprint density at radius 1 is 1.00 bits per heavy atom. The molecule has 31 heavy (non-hydrogen) atoms. The van der Waals surface area contributed by atoms with E-state index >= 15 is 0 Å². The van der Waals surface area contributed by atoms with Crippen LogP contribution in [-0.4, -0.2) is 32.6 Å². The molecule has 1 N–H and O–H groups in total. The van der Waals surface area contributed by atoms with Crippen molar-refractivity contribution in [3.8, 4) is 17.2 Å². The number of rotatable bonds is 6. The minimum atomic E-state index is -0.297. The van der Waals surface area contributed by atoms with Crippen molar-refractivity contribution in [2.75, 3.05) is 31.0 Å². The molecule has 0 bridgehead atoms. The molecule has 1 aliphatic heterocycles. The zero-order valence-electron chi connectivity index (χ0n) is 17.3. The highest BCUT2D eigenvalue weighted by Gasteiger charge is 2.26. The van der Waals surface area contributed by atoms with Crippen LogP contribution in [0.25, 0.3) is 0 Å². The van der Waals surface area contributed by atoms with Gasteiger partial charge in [-0.1, -0.05) is 30.3 Å². The Balaban J connectivity index is 1.54. The summed E-state index contributed by atoms with van der Waals surface area (Å²) >= 11 is 0. The van der Waals surface area contributed by atoms with Gasteiger partial charge < -0.3 is 24.4 Å². The number of hydrogen-bond donors (Lipinski definition) is 1. The minimum Gasteiger partial charge on any atom is -0.493 e. The van der Waals surface area contributed by atoms with Gasteiger partial charge >= 0.3 is 0 Å². The molecule has 4 rings (SSSR count). The van der Waals surface area contributed by atoms with Crippen molar-refractivity contribution < 1.29 is 23.8 Å². The lowest BCUT2D eigenvalue weighted by Gasteiger charge is -2.29. The number of carbonyl (C=O) groups excluding carboxylic acids is 2. The maximum absolute atomic E-state index is 12.7. The van der Waals surface area contributed by atoms with E-state index in [-0.39, 0.29) is 18.4 Å². The summed E-state index contributed by atoms with van der Waals surface area (Å²) in [5, 5.41) is 2.85. The number of benzene rings is 3. The van der Waals surface area contributed by atoms with Gasteiger partial charge in [-0.15, -0.1) is 0 Å². The van der Waals surface area contributed by atoms with E-state index in [1.54, 1.807) is 41.3 Å². The van der Waals surface area contributed by atoms with E-state index in [0.29, 0.717) is 40.7 Å². The van der Waals surface area contributed by atoms with Gasteiger partial charge in [0.25, 0.3) is 11.8 Å². The van der Waals surface area contributed by atoms with Crippen molar-refractivity contribution in [2.24, 2.45) is 0 Å². The lowest BCUT2D eigenvalue weighted by Crippen LogP contribution is -2.38. The molecule has 0 spiro atoms. The first-order chi connectivity index (χ1) is 15.1. The van der Waals surface area contributed by atoms with Crippen LogP contribution >= 0.6 is 0 Å².